The first-order chi connectivity index (χ1) is 8.50. The lowest BCUT2D eigenvalue weighted by atomic mass is 9.97. The van der Waals surface area contributed by atoms with E-state index in [9.17, 15) is 19.8 Å². The van der Waals surface area contributed by atoms with Crippen molar-refractivity contribution in [2.24, 2.45) is 0 Å². The number of carboxylic acids is 1. The quantitative estimate of drug-likeness (QED) is 0.706. The van der Waals surface area contributed by atoms with Crippen LogP contribution >= 0.6 is 0 Å². The summed E-state index contributed by atoms with van der Waals surface area (Å²) in [6.07, 6.45) is -3.27. The second kappa shape index (κ2) is 4.75. The molecule has 1 aliphatic heterocycles. The van der Waals surface area contributed by atoms with Crippen molar-refractivity contribution in [1.29, 1.82) is 0 Å². The van der Waals surface area contributed by atoms with E-state index in [0.717, 1.165) is 0 Å². The Hall–Kier alpha value is -1.92. The summed E-state index contributed by atoms with van der Waals surface area (Å²) in [6, 6.07) is 4.27. The van der Waals surface area contributed by atoms with Crippen molar-refractivity contribution >= 4 is 11.8 Å². The van der Waals surface area contributed by atoms with Gasteiger partial charge in [-0.2, -0.15) is 0 Å². The van der Waals surface area contributed by atoms with Crippen molar-refractivity contribution in [3.8, 4) is 5.75 Å². The fourth-order valence-corrected chi connectivity index (χ4v) is 1.78. The van der Waals surface area contributed by atoms with Gasteiger partial charge in [0.05, 0.1) is 12.2 Å². The molecule has 0 saturated carbocycles. The van der Waals surface area contributed by atoms with Crippen molar-refractivity contribution in [1.82, 2.24) is 0 Å². The summed E-state index contributed by atoms with van der Waals surface area (Å²) < 4.78 is 5.26. The van der Waals surface area contributed by atoms with Crippen LogP contribution in [0.4, 0.5) is 0 Å². The third-order valence-corrected chi connectivity index (χ3v) is 2.78. The molecule has 3 N–H and O–H groups in total. The molecule has 0 radical (unpaired) electrons. The van der Waals surface area contributed by atoms with Crippen LogP contribution in [0.2, 0.25) is 0 Å². The number of hydrogen-bond donors (Lipinski definition) is 3. The number of carbonyl (C=O) groups excluding carboxylic acids is 1. The molecule has 0 aliphatic carbocycles. The van der Waals surface area contributed by atoms with E-state index in [1.807, 2.05) is 0 Å². The first kappa shape index (κ1) is 12.5. The van der Waals surface area contributed by atoms with Gasteiger partial charge < -0.3 is 20.1 Å². The van der Waals surface area contributed by atoms with E-state index >= 15 is 0 Å². The number of benzene rings is 1. The fourth-order valence-electron chi connectivity index (χ4n) is 1.78. The molecule has 0 aromatic heterocycles. The van der Waals surface area contributed by atoms with E-state index in [2.05, 4.69) is 0 Å². The second-order valence-corrected chi connectivity index (χ2v) is 4.01. The molecule has 1 aromatic rings. The van der Waals surface area contributed by atoms with Crippen LogP contribution in [-0.4, -0.2) is 39.8 Å². The van der Waals surface area contributed by atoms with Crippen LogP contribution in [0, 0.1) is 0 Å². The van der Waals surface area contributed by atoms with Crippen molar-refractivity contribution in [3.05, 3.63) is 29.3 Å². The summed E-state index contributed by atoms with van der Waals surface area (Å²) in [5, 5.41) is 27.5. The first-order valence-electron chi connectivity index (χ1n) is 5.39. The molecule has 1 aromatic carbocycles. The number of carbonyl (C=O) groups is 2. The normalized spacial score (nSPS) is 17.6. The molecule has 18 heavy (non-hydrogen) atoms. The zero-order valence-electron chi connectivity index (χ0n) is 9.37. The van der Waals surface area contributed by atoms with Crippen LogP contribution in [0.15, 0.2) is 18.2 Å². The molecule has 0 saturated heterocycles. The van der Waals surface area contributed by atoms with Gasteiger partial charge >= 0.3 is 5.97 Å². The molecule has 96 valence electrons. The summed E-state index contributed by atoms with van der Waals surface area (Å²) >= 11 is 0. The minimum absolute atomic E-state index is 0.130. The summed E-state index contributed by atoms with van der Waals surface area (Å²) in [5.74, 6) is -1.25. The Bertz CT molecular complexity index is 495. The van der Waals surface area contributed by atoms with Gasteiger partial charge in [-0.05, 0) is 17.7 Å². The van der Waals surface area contributed by atoms with Crippen LogP contribution in [0.5, 0.6) is 5.75 Å². The topological polar surface area (TPSA) is 104 Å². The largest absolute Gasteiger partial charge is 0.492 e. The molecule has 1 aliphatic rings. The zero-order chi connectivity index (χ0) is 13.3. The van der Waals surface area contributed by atoms with Gasteiger partial charge in [0.1, 0.15) is 11.9 Å². The molecule has 0 bridgehead atoms. The molecular weight excluding hydrogens is 240 g/mol. The van der Waals surface area contributed by atoms with Gasteiger partial charge in [-0.3, -0.25) is 4.79 Å². The Labute approximate surface area is 102 Å². The van der Waals surface area contributed by atoms with Crippen LogP contribution in [0.3, 0.4) is 0 Å². The van der Waals surface area contributed by atoms with Gasteiger partial charge in [0.2, 0.25) is 0 Å². The zero-order valence-corrected chi connectivity index (χ0v) is 9.37. The van der Waals surface area contributed by atoms with Gasteiger partial charge in [-0.25, -0.2) is 4.79 Å². The standard InChI is InChI=1S/C12H12O6/c13-8-3-4-18-9-2-1-6(5-7(8)9)10(14)11(15)12(16)17/h1-2,5,10-11,14-15H,3-4H2,(H,16,17). The molecule has 2 unspecified atom stereocenters. The molecule has 0 spiro atoms. The maximum Gasteiger partial charge on any atom is 0.335 e. The van der Waals surface area contributed by atoms with Crippen LogP contribution in [0.1, 0.15) is 28.4 Å². The molecule has 0 fully saturated rings. The number of carboxylic acid groups (broad SMARTS) is 1. The Morgan fingerprint density at radius 1 is 1.33 bits per heavy atom. The molecule has 1 heterocycles. The predicted octanol–water partition coefficient (Wildman–Crippen LogP) is 0.131. The Morgan fingerprint density at radius 3 is 2.72 bits per heavy atom. The molecule has 6 nitrogen and oxygen atoms in total. The van der Waals surface area contributed by atoms with Crippen molar-refractivity contribution in [2.75, 3.05) is 6.61 Å². The number of Topliss-reactive ketones (excluding diaryl/α,β-unsaturated/α-hetero) is 1. The molecule has 2 rings (SSSR count). The Balaban J connectivity index is 2.33. The van der Waals surface area contributed by atoms with E-state index in [1.165, 1.54) is 18.2 Å². The predicted molar refractivity (Wildman–Crippen MR) is 59.5 cm³/mol. The monoisotopic (exact) mass is 252 g/mol. The minimum Gasteiger partial charge on any atom is -0.492 e. The van der Waals surface area contributed by atoms with Crippen molar-refractivity contribution in [3.63, 3.8) is 0 Å². The number of ether oxygens (including phenoxy) is 1. The van der Waals surface area contributed by atoms with E-state index in [0.29, 0.717) is 17.9 Å². The number of aliphatic carboxylic acids is 1. The lowest BCUT2D eigenvalue weighted by molar-refractivity contribution is -0.153. The summed E-state index contributed by atoms with van der Waals surface area (Å²) in [4.78, 5) is 22.2. The molecular formula is C12H12O6. The van der Waals surface area contributed by atoms with Gasteiger partial charge in [0.25, 0.3) is 0 Å². The van der Waals surface area contributed by atoms with Crippen LogP contribution in [0.25, 0.3) is 0 Å². The van der Waals surface area contributed by atoms with Crippen LogP contribution in [-0.2, 0) is 4.79 Å². The minimum atomic E-state index is -1.93. The average molecular weight is 252 g/mol. The van der Waals surface area contributed by atoms with Crippen molar-refractivity contribution in [2.45, 2.75) is 18.6 Å². The number of aliphatic hydroxyl groups is 2. The van der Waals surface area contributed by atoms with Gasteiger partial charge in [-0.1, -0.05) is 6.07 Å². The van der Waals surface area contributed by atoms with Crippen molar-refractivity contribution < 1.29 is 29.6 Å². The Kier molecular flexibility index (Phi) is 3.31. The SMILES string of the molecule is O=C1CCOc2ccc(C(O)C(O)C(=O)O)cc21. The van der Waals surface area contributed by atoms with E-state index in [4.69, 9.17) is 9.84 Å². The maximum absolute atomic E-state index is 11.6. The summed E-state index contributed by atoms with van der Waals surface area (Å²) in [5.41, 5.74) is 0.470. The second-order valence-electron chi connectivity index (χ2n) is 4.01. The molecule has 2 atom stereocenters. The smallest absolute Gasteiger partial charge is 0.335 e. The van der Waals surface area contributed by atoms with E-state index < -0.39 is 18.2 Å². The summed E-state index contributed by atoms with van der Waals surface area (Å²) in [6.45, 7) is 0.311. The highest BCUT2D eigenvalue weighted by molar-refractivity contribution is 5.99. The highest BCUT2D eigenvalue weighted by atomic mass is 16.5. The van der Waals surface area contributed by atoms with Gasteiger partial charge in [-0.15, -0.1) is 0 Å². The molecule has 0 amide bonds. The van der Waals surface area contributed by atoms with E-state index in [1.54, 1.807) is 0 Å². The van der Waals surface area contributed by atoms with Crippen LogP contribution < -0.4 is 4.74 Å². The first-order valence-corrected chi connectivity index (χ1v) is 5.39. The Morgan fingerprint density at radius 2 is 2.06 bits per heavy atom. The van der Waals surface area contributed by atoms with E-state index in [-0.39, 0.29) is 17.8 Å². The third-order valence-electron chi connectivity index (χ3n) is 2.78. The maximum atomic E-state index is 11.6. The number of hydrogen-bond acceptors (Lipinski definition) is 5. The summed E-state index contributed by atoms with van der Waals surface area (Å²) in [7, 11) is 0. The van der Waals surface area contributed by atoms with Gasteiger partial charge in [0.15, 0.2) is 11.9 Å². The fraction of sp³-hybridized carbons (Fsp3) is 0.333. The lowest BCUT2D eigenvalue weighted by Gasteiger charge is -2.19. The number of ketones is 1. The molecule has 6 heteroatoms. The third kappa shape index (κ3) is 2.20. The highest BCUT2D eigenvalue weighted by Crippen LogP contribution is 2.28. The number of fused-ring (bicyclic) bond motifs is 1. The van der Waals surface area contributed by atoms with Gasteiger partial charge in [0, 0.05) is 6.42 Å². The number of rotatable bonds is 3. The number of aliphatic hydroxyl groups excluding tert-OH is 2. The highest BCUT2D eigenvalue weighted by Gasteiger charge is 2.27. The lowest BCUT2D eigenvalue weighted by Crippen LogP contribution is -2.27. The average Bonchev–Trinajstić information content (AvgIpc) is 2.37.